The number of esters is 1. The Balaban J connectivity index is 1.27. The predicted molar refractivity (Wildman–Crippen MR) is 154 cm³/mol. The van der Waals surface area contributed by atoms with Crippen LogP contribution in [0.1, 0.15) is 65.5 Å². The van der Waals surface area contributed by atoms with Crippen LogP contribution in [0.4, 0.5) is 4.79 Å². The Labute approximate surface area is 247 Å². The van der Waals surface area contributed by atoms with Crippen molar-refractivity contribution < 1.29 is 38.1 Å². The first kappa shape index (κ1) is 29.3. The molecule has 1 unspecified atom stereocenters. The van der Waals surface area contributed by atoms with Crippen LogP contribution in [0.5, 0.6) is 5.75 Å². The van der Waals surface area contributed by atoms with Gasteiger partial charge in [-0.05, 0) is 74.9 Å². The zero-order chi connectivity index (χ0) is 29.5. The van der Waals surface area contributed by atoms with E-state index in [0.29, 0.717) is 36.4 Å². The molecule has 3 aliphatic rings. The summed E-state index contributed by atoms with van der Waals surface area (Å²) >= 11 is 3.45. The van der Waals surface area contributed by atoms with Crippen LogP contribution in [0.25, 0.3) is 11.1 Å². The lowest BCUT2D eigenvalue weighted by Gasteiger charge is -2.27. The third-order valence-corrected chi connectivity index (χ3v) is 8.43. The summed E-state index contributed by atoms with van der Waals surface area (Å²) in [5.41, 5.74) is 4.04. The number of rotatable bonds is 6. The van der Waals surface area contributed by atoms with Gasteiger partial charge in [-0.1, -0.05) is 28.1 Å². The normalized spacial score (nSPS) is 21.3. The Morgan fingerprint density at radius 1 is 1.07 bits per heavy atom. The lowest BCUT2D eigenvalue weighted by Crippen LogP contribution is -2.44. The largest absolute Gasteiger partial charge is 0.488 e. The number of hydrogen-bond acceptors (Lipinski definition) is 8. The van der Waals surface area contributed by atoms with Crippen molar-refractivity contribution in [1.29, 1.82) is 0 Å². The second-order valence-corrected chi connectivity index (χ2v) is 12.9. The molecule has 0 spiro atoms. The Hall–Kier alpha value is -3.24. The van der Waals surface area contributed by atoms with Crippen LogP contribution in [0.15, 0.2) is 30.3 Å². The number of amides is 1. The lowest BCUT2D eigenvalue weighted by molar-refractivity contribution is -0.147. The molecule has 2 aromatic carbocycles. The maximum atomic E-state index is 13.0. The van der Waals surface area contributed by atoms with E-state index in [4.69, 9.17) is 18.9 Å². The Bertz CT molecular complexity index is 1400. The van der Waals surface area contributed by atoms with E-state index in [1.54, 1.807) is 40.0 Å². The molecular weight excluding hydrogens is 594 g/mol. The molecule has 0 N–H and O–H groups in total. The monoisotopic (exact) mass is 627 g/mol. The maximum Gasteiger partial charge on any atom is 0.411 e. The van der Waals surface area contributed by atoms with Gasteiger partial charge in [-0.3, -0.25) is 14.5 Å². The summed E-state index contributed by atoms with van der Waals surface area (Å²) in [5, 5.41) is 0. The number of hydrogen-bond donors (Lipinski definition) is 0. The molecular formula is C31H34BrNO8. The van der Waals surface area contributed by atoms with Gasteiger partial charge in [0.05, 0.1) is 11.4 Å². The number of alkyl halides is 1. The maximum absolute atomic E-state index is 13.0. The fourth-order valence-electron chi connectivity index (χ4n) is 5.62. The minimum Gasteiger partial charge on any atom is -0.488 e. The van der Waals surface area contributed by atoms with Gasteiger partial charge in [0.2, 0.25) is 0 Å². The Morgan fingerprint density at radius 3 is 2.59 bits per heavy atom. The summed E-state index contributed by atoms with van der Waals surface area (Å²) in [7, 11) is 1.57. The highest BCUT2D eigenvalue weighted by atomic mass is 79.9. The van der Waals surface area contributed by atoms with E-state index < -0.39 is 30.3 Å². The van der Waals surface area contributed by atoms with Gasteiger partial charge in [-0.25, -0.2) is 9.59 Å². The molecule has 0 aromatic heterocycles. The van der Waals surface area contributed by atoms with Gasteiger partial charge in [0.15, 0.2) is 18.2 Å². The molecule has 2 aromatic rings. The van der Waals surface area contributed by atoms with Crippen LogP contribution >= 0.6 is 15.9 Å². The van der Waals surface area contributed by atoms with Gasteiger partial charge in [0.1, 0.15) is 24.0 Å². The molecule has 9 nitrogen and oxygen atoms in total. The van der Waals surface area contributed by atoms with Crippen molar-refractivity contribution in [3.8, 4) is 16.9 Å². The fourth-order valence-corrected chi connectivity index (χ4v) is 6.09. The zero-order valence-electron chi connectivity index (χ0n) is 23.7. The highest BCUT2D eigenvalue weighted by Gasteiger charge is 2.42. The molecule has 2 aliphatic heterocycles. The van der Waals surface area contributed by atoms with E-state index >= 15 is 0 Å². The van der Waals surface area contributed by atoms with E-state index in [9.17, 15) is 19.2 Å². The van der Waals surface area contributed by atoms with Crippen molar-refractivity contribution in [3.63, 3.8) is 0 Å². The number of fused-ring (bicyclic) bond motifs is 4. The summed E-state index contributed by atoms with van der Waals surface area (Å²) in [4.78, 5) is 52.6. The van der Waals surface area contributed by atoms with Gasteiger partial charge >= 0.3 is 12.1 Å². The molecule has 1 saturated heterocycles. The van der Waals surface area contributed by atoms with Crippen molar-refractivity contribution in [3.05, 3.63) is 52.6 Å². The second-order valence-electron chi connectivity index (χ2n) is 11.8. The van der Waals surface area contributed by atoms with Crippen LogP contribution in [0.3, 0.4) is 0 Å². The third kappa shape index (κ3) is 6.18. The number of likely N-dealkylation sites (tertiary alicyclic amines) is 1. The minimum atomic E-state index is -0.858. The summed E-state index contributed by atoms with van der Waals surface area (Å²) in [5.74, 6) is -0.337. The van der Waals surface area contributed by atoms with Gasteiger partial charge in [-0.15, -0.1) is 0 Å². The van der Waals surface area contributed by atoms with Crippen molar-refractivity contribution in [2.75, 3.05) is 26.9 Å². The van der Waals surface area contributed by atoms with Gasteiger partial charge in [-0.2, -0.15) is 0 Å². The topological polar surface area (TPSA) is 108 Å². The predicted octanol–water partition coefficient (Wildman–Crippen LogP) is 5.14. The standard InChI is InChI=1S/C31H34BrNO8/c1-31(2,3)41-30(37)33-13-17(14-38-4)9-25(33)29(36)40-16-26(34)19-5-7-21-20(10-19)15-39-27-12-22-18(11-23(21)27)6-8-24(32)28(22)35/h5,7,10-12,17,24-25H,6,8-9,13-16H2,1-4H3/t17-,24?,25-/m1/s1. The highest BCUT2D eigenvalue weighted by Crippen LogP contribution is 2.41. The molecule has 1 fully saturated rings. The molecule has 3 atom stereocenters. The molecule has 41 heavy (non-hydrogen) atoms. The number of nitrogens with zero attached hydrogens (tertiary/aromatic N) is 1. The first-order valence-electron chi connectivity index (χ1n) is 13.7. The summed E-state index contributed by atoms with van der Waals surface area (Å²) in [6.07, 6.45) is 1.30. The minimum absolute atomic E-state index is 0.0473. The average Bonchev–Trinajstić information content (AvgIpc) is 3.36. The summed E-state index contributed by atoms with van der Waals surface area (Å²) in [6, 6.07) is 8.31. The van der Waals surface area contributed by atoms with Crippen molar-refractivity contribution in [2.24, 2.45) is 5.92 Å². The van der Waals surface area contributed by atoms with Crippen LogP contribution < -0.4 is 4.74 Å². The fraction of sp³-hybridized carbons (Fsp3) is 0.484. The van der Waals surface area contributed by atoms with Crippen molar-refractivity contribution in [2.45, 2.75) is 63.1 Å². The number of ether oxygens (including phenoxy) is 4. The number of ketones is 2. The third-order valence-electron chi connectivity index (χ3n) is 7.56. The lowest BCUT2D eigenvalue weighted by atomic mass is 9.85. The van der Waals surface area contributed by atoms with Crippen LogP contribution in [0, 0.1) is 5.92 Å². The number of aryl methyl sites for hydroxylation is 1. The number of benzene rings is 2. The molecule has 1 amide bonds. The molecule has 218 valence electrons. The van der Waals surface area contributed by atoms with Crippen LogP contribution in [-0.4, -0.2) is 71.9 Å². The van der Waals surface area contributed by atoms with Crippen LogP contribution in [-0.2, 0) is 32.0 Å². The van der Waals surface area contributed by atoms with E-state index in [0.717, 1.165) is 35.1 Å². The Kier molecular flexibility index (Phi) is 8.25. The first-order chi connectivity index (χ1) is 19.4. The van der Waals surface area contributed by atoms with E-state index in [2.05, 4.69) is 15.9 Å². The van der Waals surface area contributed by atoms with Crippen molar-refractivity contribution >= 4 is 39.6 Å². The summed E-state index contributed by atoms with van der Waals surface area (Å²) in [6.45, 7) is 5.77. The number of halogens is 1. The van der Waals surface area contributed by atoms with Crippen molar-refractivity contribution in [1.82, 2.24) is 4.90 Å². The molecule has 2 heterocycles. The molecule has 5 rings (SSSR count). The molecule has 0 bridgehead atoms. The molecule has 0 radical (unpaired) electrons. The smallest absolute Gasteiger partial charge is 0.411 e. The highest BCUT2D eigenvalue weighted by molar-refractivity contribution is 9.10. The van der Waals surface area contributed by atoms with E-state index in [1.807, 2.05) is 18.2 Å². The quantitative estimate of drug-likeness (QED) is 0.246. The second kappa shape index (κ2) is 11.6. The van der Waals surface area contributed by atoms with Crippen LogP contribution in [0.2, 0.25) is 0 Å². The van der Waals surface area contributed by atoms with Gasteiger partial charge < -0.3 is 18.9 Å². The van der Waals surface area contributed by atoms with E-state index in [1.165, 1.54) is 4.90 Å². The number of methoxy groups -OCH3 is 1. The average molecular weight is 629 g/mol. The number of carbonyl (C=O) groups excluding carboxylic acids is 4. The van der Waals surface area contributed by atoms with Gasteiger partial charge in [0.25, 0.3) is 0 Å². The zero-order valence-corrected chi connectivity index (χ0v) is 25.2. The van der Waals surface area contributed by atoms with E-state index in [-0.39, 0.29) is 28.9 Å². The summed E-state index contributed by atoms with van der Waals surface area (Å²) < 4.78 is 22.1. The first-order valence-corrected chi connectivity index (χ1v) is 14.7. The molecule has 0 saturated carbocycles. The SMILES string of the molecule is COC[C@@H]1C[C@H](C(=O)OCC(=O)c2ccc3c(c2)COc2cc4c(cc2-3)CCC(Br)C4=O)N(C(=O)OC(C)(C)C)C1. The molecule has 10 heteroatoms. The number of Topliss-reactive ketones (excluding diaryl/α,β-unsaturated/α-hetero) is 2. The molecule has 1 aliphatic carbocycles. The van der Waals surface area contributed by atoms with Gasteiger partial charge in [0, 0.05) is 36.3 Å². The number of carbonyl (C=O) groups is 4. The Morgan fingerprint density at radius 2 is 1.85 bits per heavy atom.